The number of amides is 2. The van der Waals surface area contributed by atoms with E-state index in [-0.39, 0.29) is 18.1 Å². The lowest BCUT2D eigenvalue weighted by Gasteiger charge is -2.51. The van der Waals surface area contributed by atoms with E-state index in [9.17, 15) is 27.6 Å². The third-order valence-electron chi connectivity index (χ3n) is 7.08. The first kappa shape index (κ1) is 35.5. The van der Waals surface area contributed by atoms with Crippen molar-refractivity contribution in [1.82, 2.24) is 14.9 Å². The molecule has 3 aromatic rings. The number of hydrogen-bond donors (Lipinski definition) is 2. The van der Waals surface area contributed by atoms with Crippen molar-refractivity contribution >= 4 is 26.7 Å². The Kier molecular flexibility index (Phi) is 11.4. The van der Waals surface area contributed by atoms with Gasteiger partial charge in [0.25, 0.3) is 5.56 Å². The zero-order valence-electron chi connectivity index (χ0n) is 26.6. The maximum atomic E-state index is 14.8. The number of rotatable bonds is 11. The van der Waals surface area contributed by atoms with Crippen LogP contribution < -0.4 is 16.2 Å². The molecule has 0 spiro atoms. The molecule has 2 aromatic carbocycles. The number of nitrogens with zero attached hydrogens (tertiary/aromatic N) is 2. The molecule has 1 heterocycles. The first-order valence-corrected chi connectivity index (χ1v) is 17.4. The van der Waals surface area contributed by atoms with Gasteiger partial charge < -0.3 is 14.5 Å². The summed E-state index contributed by atoms with van der Waals surface area (Å²) in [7, 11) is -2.18. The quantitative estimate of drug-likeness (QED) is 0.186. The number of ether oxygens (including phenoxy) is 1. The second-order valence-electron chi connectivity index (χ2n) is 12.4. The average molecular weight is 647 g/mol. The summed E-state index contributed by atoms with van der Waals surface area (Å²) in [5.41, 5.74) is -3.33. The summed E-state index contributed by atoms with van der Waals surface area (Å²) in [4.78, 5) is 44.3. The van der Waals surface area contributed by atoms with E-state index in [1.165, 1.54) is 20.8 Å². The third-order valence-corrected chi connectivity index (χ3v) is 7.94. The number of aromatic nitrogens is 2. The Hall–Kier alpha value is -3.97. The van der Waals surface area contributed by atoms with Gasteiger partial charge in [0, 0.05) is 11.5 Å². The monoisotopic (exact) mass is 646 g/mol. The number of carbonyl (C=O) groups is 2. The van der Waals surface area contributed by atoms with Gasteiger partial charge in [-0.3, -0.25) is 19.5 Å². The van der Waals surface area contributed by atoms with Gasteiger partial charge in [-0.2, -0.15) is 13.2 Å². The van der Waals surface area contributed by atoms with Crippen molar-refractivity contribution < 1.29 is 31.9 Å². The van der Waals surface area contributed by atoms with Gasteiger partial charge >= 0.3 is 12.3 Å². The summed E-state index contributed by atoms with van der Waals surface area (Å²) in [6, 6.07) is 17.4. The number of benzene rings is 2. The first-order valence-electron chi connectivity index (χ1n) is 14.6. The van der Waals surface area contributed by atoms with E-state index in [0.717, 1.165) is 16.3 Å². The molecule has 2 N–H and O–H groups in total. The number of carbonyl (C=O) groups excluding carboxylic acids is 2. The molecule has 0 fully saturated rings. The zero-order chi connectivity index (χ0) is 33.6. The average Bonchev–Trinajstić information content (AvgIpc) is 2.93. The number of hydrogen-bond acceptors (Lipinski definition) is 6. The van der Waals surface area contributed by atoms with Crippen LogP contribution in [0.25, 0.3) is 11.4 Å². The molecule has 3 rings (SSSR count). The fourth-order valence-electron chi connectivity index (χ4n) is 5.36. The van der Waals surface area contributed by atoms with Gasteiger partial charge in [-0.25, -0.2) is 9.78 Å². The maximum Gasteiger partial charge on any atom is 0.412 e. The van der Waals surface area contributed by atoms with Gasteiger partial charge in [0.05, 0.1) is 6.20 Å². The predicted octanol–water partition coefficient (Wildman–Crippen LogP) is 6.35. The molecule has 0 aliphatic rings. The van der Waals surface area contributed by atoms with Crippen molar-refractivity contribution in [2.45, 2.75) is 72.8 Å². The van der Waals surface area contributed by atoms with Crippen LogP contribution >= 0.6 is 0 Å². The molecule has 0 radical (unpaired) electrons. The van der Waals surface area contributed by atoms with E-state index < -0.39 is 62.3 Å². The van der Waals surface area contributed by atoms with Gasteiger partial charge in [-0.05, 0) is 24.1 Å². The Labute approximate surface area is 262 Å². The molecule has 2 unspecified atom stereocenters. The van der Waals surface area contributed by atoms with Crippen LogP contribution in [0.15, 0.2) is 71.7 Å². The second kappa shape index (κ2) is 14.4. The maximum absolute atomic E-state index is 14.8. The fraction of sp³-hybridized carbons (Fsp3) is 0.438. The van der Waals surface area contributed by atoms with Crippen LogP contribution in [-0.2, 0) is 27.1 Å². The van der Waals surface area contributed by atoms with Crippen molar-refractivity contribution in [3.63, 3.8) is 0 Å². The van der Waals surface area contributed by atoms with E-state index in [2.05, 4.69) is 15.6 Å². The summed E-state index contributed by atoms with van der Waals surface area (Å²) < 4.78 is 56.6. The zero-order valence-corrected chi connectivity index (χ0v) is 27.7. The standard InChI is InChI=1S/C32H41F3N4O5Si/c1-21(2)31(44-45(6)7,28(30(3,4)5)32(33,34)35)38-25(40)19-39-26(23-16-12-9-13-17-23)36-18-24(27(39)41)37-29(42)43-20-22-14-10-8-11-15-22/h8-18,21,28,45H,19-20H2,1-7H3,(H,37,42)(H,38,40). The Bertz CT molecular complexity index is 1500. The van der Waals surface area contributed by atoms with Crippen LogP contribution in [0, 0.1) is 17.3 Å². The molecule has 13 heteroatoms. The van der Waals surface area contributed by atoms with Crippen LogP contribution in [0.3, 0.4) is 0 Å². The minimum Gasteiger partial charge on any atom is -0.444 e. The molecule has 0 saturated carbocycles. The van der Waals surface area contributed by atoms with Crippen LogP contribution in [-0.4, -0.2) is 42.5 Å². The van der Waals surface area contributed by atoms with Crippen molar-refractivity contribution in [2.75, 3.05) is 5.32 Å². The summed E-state index contributed by atoms with van der Waals surface area (Å²) in [6.07, 6.45) is -4.50. The van der Waals surface area contributed by atoms with Crippen LogP contribution in [0.5, 0.6) is 0 Å². The lowest BCUT2D eigenvalue weighted by Crippen LogP contribution is -2.67. The summed E-state index contributed by atoms with van der Waals surface area (Å²) >= 11 is 0. The van der Waals surface area contributed by atoms with Gasteiger partial charge in [0.1, 0.15) is 36.3 Å². The topological polar surface area (TPSA) is 112 Å². The van der Waals surface area contributed by atoms with Gasteiger partial charge in [-0.1, -0.05) is 95.3 Å². The van der Waals surface area contributed by atoms with Gasteiger partial charge in [0.15, 0.2) is 9.04 Å². The molecule has 45 heavy (non-hydrogen) atoms. The van der Waals surface area contributed by atoms with E-state index in [4.69, 9.17) is 9.16 Å². The normalized spacial score (nSPS) is 14.1. The van der Waals surface area contributed by atoms with Gasteiger partial charge in [-0.15, -0.1) is 0 Å². The lowest BCUT2D eigenvalue weighted by atomic mass is 9.70. The largest absolute Gasteiger partial charge is 0.444 e. The van der Waals surface area contributed by atoms with E-state index in [1.54, 1.807) is 81.5 Å². The SMILES string of the molecule is CC(C)C(NC(=O)Cn1c(-c2ccccc2)ncc(NC(=O)OCc2ccccc2)c1=O)(O[SiH](C)C)C(C(C)(C)C)C(F)(F)F. The number of anilines is 1. The summed E-state index contributed by atoms with van der Waals surface area (Å²) in [5.74, 6) is -3.68. The molecular formula is C32H41F3N4O5Si. The smallest absolute Gasteiger partial charge is 0.412 e. The van der Waals surface area contributed by atoms with Crippen molar-refractivity contribution in [1.29, 1.82) is 0 Å². The molecule has 2 atom stereocenters. The van der Waals surface area contributed by atoms with Crippen LogP contribution in [0.1, 0.15) is 40.2 Å². The molecule has 0 aliphatic carbocycles. The number of halogens is 3. The molecule has 0 aliphatic heterocycles. The molecule has 0 saturated heterocycles. The molecule has 2 amide bonds. The Morgan fingerprint density at radius 3 is 2.07 bits per heavy atom. The van der Waals surface area contributed by atoms with E-state index in [0.29, 0.717) is 5.56 Å². The first-order chi connectivity index (χ1) is 21.0. The van der Waals surface area contributed by atoms with Crippen LogP contribution in [0.2, 0.25) is 13.1 Å². The van der Waals surface area contributed by atoms with Gasteiger partial charge in [0.2, 0.25) is 5.91 Å². The molecular weight excluding hydrogens is 605 g/mol. The highest BCUT2D eigenvalue weighted by Gasteiger charge is 2.61. The van der Waals surface area contributed by atoms with Crippen molar-refractivity contribution in [3.8, 4) is 11.4 Å². The van der Waals surface area contributed by atoms with E-state index in [1.807, 2.05) is 6.07 Å². The highest BCUT2D eigenvalue weighted by Crippen LogP contribution is 2.49. The van der Waals surface area contributed by atoms with E-state index >= 15 is 0 Å². The third kappa shape index (κ3) is 9.04. The Morgan fingerprint density at radius 1 is 0.978 bits per heavy atom. The fourth-order valence-corrected chi connectivity index (χ4v) is 6.61. The molecule has 9 nitrogen and oxygen atoms in total. The molecule has 244 valence electrons. The molecule has 1 aromatic heterocycles. The Balaban J connectivity index is 2.03. The van der Waals surface area contributed by atoms with Crippen molar-refractivity contribution in [2.24, 2.45) is 17.3 Å². The highest BCUT2D eigenvalue weighted by molar-refractivity contribution is 6.48. The minimum absolute atomic E-state index is 0.0522. The predicted molar refractivity (Wildman–Crippen MR) is 169 cm³/mol. The number of alkyl halides is 3. The minimum atomic E-state index is -4.73. The molecule has 0 bridgehead atoms. The van der Waals surface area contributed by atoms with Crippen LogP contribution in [0.4, 0.5) is 23.7 Å². The summed E-state index contributed by atoms with van der Waals surface area (Å²) in [6.45, 7) is 10.2. The number of nitrogens with one attached hydrogen (secondary N) is 2. The Morgan fingerprint density at radius 2 is 1.56 bits per heavy atom. The second-order valence-corrected chi connectivity index (χ2v) is 14.8. The lowest BCUT2D eigenvalue weighted by molar-refractivity contribution is -0.265. The van der Waals surface area contributed by atoms with Crippen molar-refractivity contribution in [3.05, 3.63) is 82.8 Å². The highest BCUT2D eigenvalue weighted by atomic mass is 28.3. The summed E-state index contributed by atoms with van der Waals surface area (Å²) in [5, 5.41) is 4.95.